The van der Waals surface area contributed by atoms with Gasteiger partial charge in [-0.2, -0.15) is 0 Å². The van der Waals surface area contributed by atoms with Crippen LogP contribution in [-0.2, 0) is 22.4 Å². The zero-order valence-electron chi connectivity index (χ0n) is 8.16. The van der Waals surface area contributed by atoms with E-state index in [1.165, 1.54) is 0 Å². The number of esters is 1. The van der Waals surface area contributed by atoms with E-state index in [-0.39, 0.29) is 6.42 Å². The second-order valence-electron chi connectivity index (χ2n) is 3.42. The molecule has 1 aromatic rings. The molecule has 0 atom stereocenters. The fraction of sp³-hybridized carbons (Fsp3) is 0.167. The largest absolute Gasteiger partial charge is 0.420 e. The van der Waals surface area contributed by atoms with E-state index in [9.17, 15) is 9.59 Å². The van der Waals surface area contributed by atoms with Crippen LogP contribution < -0.4 is 4.74 Å². The van der Waals surface area contributed by atoms with E-state index < -0.39 is 11.8 Å². The topological polar surface area (TPSA) is 43.4 Å². The Labute approximate surface area is 87.4 Å². The normalized spacial score (nSPS) is 14.4. The van der Waals surface area contributed by atoms with Crippen molar-refractivity contribution in [3.8, 4) is 5.75 Å². The Morgan fingerprint density at radius 1 is 1.40 bits per heavy atom. The molecule has 0 N–H and O–H groups in total. The van der Waals surface area contributed by atoms with Gasteiger partial charge in [-0.05, 0) is 18.1 Å². The van der Waals surface area contributed by atoms with Gasteiger partial charge >= 0.3 is 5.97 Å². The number of Topliss-reactive ketones (excluding diaryl/α,β-unsaturated/α-hetero) is 1. The Balaban J connectivity index is 2.37. The van der Waals surface area contributed by atoms with Gasteiger partial charge in [-0.15, -0.1) is 6.58 Å². The van der Waals surface area contributed by atoms with E-state index in [1.54, 1.807) is 12.1 Å². The van der Waals surface area contributed by atoms with E-state index in [4.69, 9.17) is 4.74 Å². The highest BCUT2D eigenvalue weighted by Gasteiger charge is 2.25. The van der Waals surface area contributed by atoms with Gasteiger partial charge in [-0.25, -0.2) is 4.79 Å². The summed E-state index contributed by atoms with van der Waals surface area (Å²) in [5.74, 6) is -0.754. The average Bonchev–Trinajstić information content (AvgIpc) is 2.21. The summed E-state index contributed by atoms with van der Waals surface area (Å²) < 4.78 is 4.91. The van der Waals surface area contributed by atoms with E-state index in [0.29, 0.717) is 5.75 Å². The molecular formula is C12H10O3. The summed E-state index contributed by atoms with van der Waals surface area (Å²) >= 11 is 0. The van der Waals surface area contributed by atoms with Crippen molar-refractivity contribution in [3.05, 3.63) is 42.0 Å². The molecule has 0 aliphatic carbocycles. The average molecular weight is 202 g/mol. The second kappa shape index (κ2) is 3.69. The fourth-order valence-electron chi connectivity index (χ4n) is 1.54. The summed E-state index contributed by atoms with van der Waals surface area (Å²) in [6, 6.07) is 5.51. The lowest BCUT2D eigenvalue weighted by Crippen LogP contribution is -2.27. The Hall–Kier alpha value is -1.90. The molecule has 1 aliphatic rings. The summed E-state index contributed by atoms with van der Waals surface area (Å²) in [6.45, 7) is 3.63. The summed E-state index contributed by atoms with van der Waals surface area (Å²) in [5, 5.41) is 0. The van der Waals surface area contributed by atoms with E-state index in [1.807, 2.05) is 12.1 Å². The highest BCUT2D eigenvalue weighted by molar-refractivity contribution is 6.35. The molecule has 0 saturated carbocycles. The molecule has 0 fully saturated rings. The van der Waals surface area contributed by atoms with Gasteiger partial charge in [0.1, 0.15) is 5.75 Å². The van der Waals surface area contributed by atoms with Gasteiger partial charge < -0.3 is 4.74 Å². The third-order valence-corrected chi connectivity index (χ3v) is 2.29. The number of hydrogen-bond donors (Lipinski definition) is 0. The molecule has 1 aromatic carbocycles. The monoisotopic (exact) mass is 202 g/mol. The van der Waals surface area contributed by atoms with E-state index in [2.05, 4.69) is 6.58 Å². The van der Waals surface area contributed by atoms with Crippen LogP contribution in [0.4, 0.5) is 0 Å². The number of ketones is 1. The SMILES string of the molecule is C=CCc1ccc2c(c1)OC(=O)C(=O)C2. The molecule has 0 aromatic heterocycles. The van der Waals surface area contributed by atoms with Gasteiger partial charge in [0.15, 0.2) is 0 Å². The minimum atomic E-state index is -0.766. The van der Waals surface area contributed by atoms with Crippen LogP contribution in [0.25, 0.3) is 0 Å². The molecule has 0 unspecified atom stereocenters. The minimum absolute atomic E-state index is 0.141. The van der Waals surface area contributed by atoms with Crippen molar-refractivity contribution >= 4 is 11.8 Å². The first-order valence-electron chi connectivity index (χ1n) is 4.68. The van der Waals surface area contributed by atoms with Crippen molar-refractivity contribution in [2.45, 2.75) is 12.8 Å². The van der Waals surface area contributed by atoms with Crippen LogP contribution in [0, 0.1) is 0 Å². The number of carbonyl (C=O) groups excluding carboxylic acids is 2. The number of carbonyl (C=O) groups is 2. The number of allylic oxidation sites excluding steroid dienone is 1. The molecule has 0 saturated heterocycles. The molecule has 0 radical (unpaired) electrons. The Morgan fingerprint density at radius 2 is 2.20 bits per heavy atom. The summed E-state index contributed by atoms with van der Waals surface area (Å²) in [5.41, 5.74) is 1.79. The molecule has 2 rings (SSSR count). The molecule has 1 aliphatic heterocycles. The first-order chi connectivity index (χ1) is 7.20. The van der Waals surface area contributed by atoms with Crippen molar-refractivity contribution in [3.63, 3.8) is 0 Å². The van der Waals surface area contributed by atoms with Gasteiger partial charge in [0.05, 0.1) is 0 Å². The lowest BCUT2D eigenvalue weighted by atomic mass is 10.0. The molecule has 0 amide bonds. The predicted molar refractivity (Wildman–Crippen MR) is 54.7 cm³/mol. The van der Waals surface area contributed by atoms with Gasteiger partial charge in [0, 0.05) is 12.0 Å². The predicted octanol–water partition coefficient (Wildman–Crippen LogP) is 1.45. The molecular weight excluding hydrogens is 192 g/mol. The Kier molecular flexibility index (Phi) is 2.37. The molecule has 0 spiro atoms. The number of rotatable bonds is 2. The lowest BCUT2D eigenvalue weighted by Gasteiger charge is -2.14. The fourth-order valence-corrected chi connectivity index (χ4v) is 1.54. The van der Waals surface area contributed by atoms with Crippen molar-refractivity contribution in [2.24, 2.45) is 0 Å². The van der Waals surface area contributed by atoms with Crippen LogP contribution in [0.15, 0.2) is 30.9 Å². The Morgan fingerprint density at radius 3 is 2.93 bits per heavy atom. The number of benzene rings is 1. The Bertz CT molecular complexity index is 446. The molecule has 0 bridgehead atoms. The first kappa shape index (κ1) is 9.65. The maximum Gasteiger partial charge on any atom is 0.380 e. The second-order valence-corrected chi connectivity index (χ2v) is 3.42. The van der Waals surface area contributed by atoms with E-state index >= 15 is 0 Å². The maximum atomic E-state index is 11.1. The summed E-state index contributed by atoms with van der Waals surface area (Å²) in [4.78, 5) is 22.1. The molecule has 76 valence electrons. The van der Waals surface area contributed by atoms with Crippen LogP contribution in [-0.4, -0.2) is 11.8 Å². The van der Waals surface area contributed by atoms with Crippen LogP contribution in [0.2, 0.25) is 0 Å². The van der Waals surface area contributed by atoms with Gasteiger partial charge in [-0.3, -0.25) is 4.79 Å². The standard InChI is InChI=1S/C12H10O3/c1-2-3-8-4-5-9-7-10(13)12(14)15-11(9)6-8/h2,4-6H,1,3,7H2. The minimum Gasteiger partial charge on any atom is -0.420 e. The zero-order chi connectivity index (χ0) is 10.8. The highest BCUT2D eigenvalue weighted by atomic mass is 16.5. The third kappa shape index (κ3) is 1.81. The molecule has 15 heavy (non-hydrogen) atoms. The van der Waals surface area contributed by atoms with Crippen molar-refractivity contribution in [1.82, 2.24) is 0 Å². The van der Waals surface area contributed by atoms with Crippen molar-refractivity contribution in [2.75, 3.05) is 0 Å². The quantitative estimate of drug-likeness (QED) is 0.315. The van der Waals surface area contributed by atoms with E-state index in [0.717, 1.165) is 17.5 Å². The van der Waals surface area contributed by atoms with Crippen molar-refractivity contribution in [1.29, 1.82) is 0 Å². The molecule has 3 nitrogen and oxygen atoms in total. The number of fused-ring (bicyclic) bond motifs is 1. The molecule has 1 heterocycles. The van der Waals surface area contributed by atoms with Gasteiger partial charge in [-0.1, -0.05) is 18.2 Å². The number of hydrogen-bond acceptors (Lipinski definition) is 3. The van der Waals surface area contributed by atoms with Crippen LogP contribution in [0.1, 0.15) is 11.1 Å². The zero-order valence-corrected chi connectivity index (χ0v) is 8.16. The summed E-state index contributed by atoms with van der Waals surface area (Å²) in [6.07, 6.45) is 2.64. The highest BCUT2D eigenvalue weighted by Crippen LogP contribution is 2.25. The van der Waals surface area contributed by atoms with Gasteiger partial charge in [0.25, 0.3) is 0 Å². The van der Waals surface area contributed by atoms with Crippen molar-refractivity contribution < 1.29 is 14.3 Å². The lowest BCUT2D eigenvalue weighted by molar-refractivity contribution is -0.147. The summed E-state index contributed by atoms with van der Waals surface area (Å²) in [7, 11) is 0. The first-order valence-corrected chi connectivity index (χ1v) is 4.68. The van der Waals surface area contributed by atoms with Crippen LogP contribution in [0.5, 0.6) is 5.75 Å². The maximum absolute atomic E-state index is 11.1. The van der Waals surface area contributed by atoms with Gasteiger partial charge in [0.2, 0.25) is 5.78 Å². The third-order valence-electron chi connectivity index (χ3n) is 2.29. The molecule has 3 heteroatoms. The number of ether oxygens (including phenoxy) is 1. The smallest absolute Gasteiger partial charge is 0.380 e. The van der Waals surface area contributed by atoms with Crippen LogP contribution >= 0.6 is 0 Å². The van der Waals surface area contributed by atoms with Crippen LogP contribution in [0.3, 0.4) is 0 Å².